The number of hydrogen-bond donors (Lipinski definition) is 2. The van der Waals surface area contributed by atoms with E-state index in [4.69, 9.17) is 4.98 Å². The molecule has 1 saturated heterocycles. The Bertz CT molecular complexity index is 814. The van der Waals surface area contributed by atoms with Gasteiger partial charge in [-0.15, -0.1) is 0 Å². The van der Waals surface area contributed by atoms with Crippen LogP contribution < -0.4 is 0 Å². The number of amides is 1. The van der Waals surface area contributed by atoms with Crippen molar-refractivity contribution in [1.82, 2.24) is 19.9 Å². The molecule has 0 aliphatic carbocycles. The highest BCUT2D eigenvalue weighted by Crippen LogP contribution is 2.27. The summed E-state index contributed by atoms with van der Waals surface area (Å²) in [6.45, 7) is 3.52. The lowest BCUT2D eigenvalue weighted by atomic mass is 9.97. The summed E-state index contributed by atoms with van der Waals surface area (Å²) in [4.78, 5) is 25.7. The van der Waals surface area contributed by atoms with Crippen LogP contribution in [0.2, 0.25) is 0 Å². The maximum Gasteiger partial charge on any atom is 0.270 e. The average molecular weight is 308 g/mol. The molecular formula is C18H20N4O. The molecule has 3 heterocycles. The predicted octanol–water partition coefficient (Wildman–Crippen LogP) is 3.22. The van der Waals surface area contributed by atoms with Crippen LogP contribution in [0.25, 0.3) is 11.0 Å². The lowest BCUT2D eigenvalue weighted by Gasteiger charge is -2.31. The second kappa shape index (κ2) is 5.57. The van der Waals surface area contributed by atoms with Gasteiger partial charge in [0.2, 0.25) is 0 Å². The van der Waals surface area contributed by atoms with Crippen molar-refractivity contribution in [3.63, 3.8) is 0 Å². The number of likely N-dealkylation sites (tertiary alicyclic amines) is 1. The molecule has 1 aliphatic heterocycles. The topological polar surface area (TPSA) is 64.8 Å². The van der Waals surface area contributed by atoms with E-state index in [-0.39, 0.29) is 11.8 Å². The molecule has 1 atom stereocenters. The van der Waals surface area contributed by atoms with Crippen molar-refractivity contribution in [2.24, 2.45) is 0 Å². The van der Waals surface area contributed by atoms with Gasteiger partial charge in [-0.1, -0.05) is 12.1 Å². The van der Waals surface area contributed by atoms with Gasteiger partial charge in [-0.05, 0) is 43.5 Å². The SMILES string of the molecule is Cc1c[nH]c(C(=O)N2CCC[C@@H](c3nc4ccccc4[nH]3)C2)c1. The van der Waals surface area contributed by atoms with Crippen molar-refractivity contribution in [3.8, 4) is 0 Å². The van der Waals surface area contributed by atoms with Gasteiger partial charge in [0.15, 0.2) is 0 Å². The van der Waals surface area contributed by atoms with Gasteiger partial charge in [0.05, 0.1) is 11.0 Å². The zero-order valence-corrected chi connectivity index (χ0v) is 13.2. The van der Waals surface area contributed by atoms with E-state index in [0.717, 1.165) is 48.4 Å². The van der Waals surface area contributed by atoms with Crippen molar-refractivity contribution >= 4 is 16.9 Å². The number of nitrogens with one attached hydrogen (secondary N) is 2. The van der Waals surface area contributed by atoms with E-state index in [1.165, 1.54) is 0 Å². The fourth-order valence-corrected chi connectivity index (χ4v) is 3.35. The number of fused-ring (bicyclic) bond motifs is 1. The van der Waals surface area contributed by atoms with E-state index in [1.807, 2.05) is 48.4 Å². The van der Waals surface area contributed by atoms with E-state index in [9.17, 15) is 4.79 Å². The summed E-state index contributed by atoms with van der Waals surface area (Å²) in [7, 11) is 0. The highest BCUT2D eigenvalue weighted by Gasteiger charge is 2.27. The summed E-state index contributed by atoms with van der Waals surface area (Å²) in [6, 6.07) is 9.97. The number of carbonyl (C=O) groups excluding carboxylic acids is 1. The number of aryl methyl sites for hydroxylation is 1. The molecule has 1 amide bonds. The smallest absolute Gasteiger partial charge is 0.270 e. The molecule has 0 spiro atoms. The lowest BCUT2D eigenvalue weighted by Crippen LogP contribution is -2.39. The minimum absolute atomic E-state index is 0.0823. The quantitative estimate of drug-likeness (QED) is 0.763. The Morgan fingerprint density at radius 3 is 3.00 bits per heavy atom. The normalized spacial score (nSPS) is 18.5. The summed E-state index contributed by atoms with van der Waals surface area (Å²) < 4.78 is 0. The number of para-hydroxylation sites is 2. The zero-order chi connectivity index (χ0) is 15.8. The second-order valence-electron chi connectivity index (χ2n) is 6.32. The molecule has 0 radical (unpaired) electrons. The van der Waals surface area contributed by atoms with E-state index in [2.05, 4.69) is 9.97 Å². The van der Waals surface area contributed by atoms with Crippen molar-refractivity contribution in [3.05, 3.63) is 53.6 Å². The fourth-order valence-electron chi connectivity index (χ4n) is 3.35. The fraction of sp³-hybridized carbons (Fsp3) is 0.333. The van der Waals surface area contributed by atoms with E-state index < -0.39 is 0 Å². The average Bonchev–Trinajstić information content (AvgIpc) is 3.20. The molecular weight excluding hydrogens is 288 g/mol. The van der Waals surface area contributed by atoms with Crippen molar-refractivity contribution in [2.45, 2.75) is 25.7 Å². The summed E-state index contributed by atoms with van der Waals surface area (Å²) >= 11 is 0. The molecule has 2 N–H and O–H groups in total. The van der Waals surface area contributed by atoms with Crippen LogP contribution in [-0.4, -0.2) is 38.8 Å². The van der Waals surface area contributed by atoms with Crippen LogP contribution in [0.3, 0.4) is 0 Å². The summed E-state index contributed by atoms with van der Waals surface area (Å²) in [6.07, 6.45) is 3.94. The number of hydrogen-bond acceptors (Lipinski definition) is 2. The van der Waals surface area contributed by atoms with Crippen LogP contribution in [0, 0.1) is 6.92 Å². The summed E-state index contributed by atoms with van der Waals surface area (Å²) in [5.41, 5.74) is 3.81. The Morgan fingerprint density at radius 1 is 1.35 bits per heavy atom. The molecule has 1 aromatic carbocycles. The minimum atomic E-state index is 0.0823. The van der Waals surface area contributed by atoms with Crippen molar-refractivity contribution < 1.29 is 4.79 Å². The van der Waals surface area contributed by atoms with Crippen LogP contribution in [0.5, 0.6) is 0 Å². The first-order chi connectivity index (χ1) is 11.2. The van der Waals surface area contributed by atoms with Crippen molar-refractivity contribution in [2.75, 3.05) is 13.1 Å². The number of nitrogens with zero attached hydrogens (tertiary/aromatic N) is 2. The second-order valence-corrected chi connectivity index (χ2v) is 6.32. The molecule has 0 unspecified atom stereocenters. The molecule has 3 aromatic rings. The summed E-state index contributed by atoms with van der Waals surface area (Å²) in [5.74, 6) is 1.35. The first kappa shape index (κ1) is 14.1. The van der Waals surface area contributed by atoms with Gasteiger partial charge in [-0.2, -0.15) is 0 Å². The van der Waals surface area contributed by atoms with Gasteiger partial charge < -0.3 is 14.9 Å². The Labute approximate surface area is 134 Å². The molecule has 1 aliphatic rings. The highest BCUT2D eigenvalue weighted by molar-refractivity contribution is 5.92. The van der Waals surface area contributed by atoms with Gasteiger partial charge in [0.25, 0.3) is 5.91 Å². The van der Waals surface area contributed by atoms with Crippen molar-refractivity contribution in [1.29, 1.82) is 0 Å². The number of imidazole rings is 1. The first-order valence-corrected chi connectivity index (χ1v) is 8.09. The minimum Gasteiger partial charge on any atom is -0.357 e. The van der Waals surface area contributed by atoms with Gasteiger partial charge in [-0.3, -0.25) is 4.79 Å². The standard InChI is InChI=1S/C18H20N4O/c1-12-9-16(19-10-12)18(23)22-8-4-5-13(11-22)17-20-14-6-2-3-7-15(14)21-17/h2-3,6-7,9-10,13,19H,4-5,8,11H2,1H3,(H,20,21)/t13-/m1/s1. The third kappa shape index (κ3) is 2.63. The van der Waals surface area contributed by atoms with Gasteiger partial charge in [0.1, 0.15) is 11.5 Å². The monoisotopic (exact) mass is 308 g/mol. The molecule has 23 heavy (non-hydrogen) atoms. The van der Waals surface area contributed by atoms with E-state index in [0.29, 0.717) is 5.69 Å². The Hall–Kier alpha value is -2.56. The van der Waals surface area contributed by atoms with Crippen LogP contribution in [0.1, 0.15) is 40.6 Å². The molecule has 2 aromatic heterocycles. The Balaban J connectivity index is 1.55. The Kier molecular flexibility index (Phi) is 3.41. The number of piperidine rings is 1. The first-order valence-electron chi connectivity index (χ1n) is 8.09. The molecule has 0 bridgehead atoms. The van der Waals surface area contributed by atoms with E-state index >= 15 is 0 Å². The molecule has 1 fully saturated rings. The molecule has 5 heteroatoms. The van der Waals surface area contributed by atoms with Gasteiger partial charge in [0, 0.05) is 25.2 Å². The number of H-pyrrole nitrogens is 2. The number of aromatic nitrogens is 3. The van der Waals surface area contributed by atoms with Crippen LogP contribution in [0.4, 0.5) is 0 Å². The maximum atomic E-state index is 12.6. The van der Waals surface area contributed by atoms with Crippen LogP contribution >= 0.6 is 0 Å². The number of rotatable bonds is 2. The van der Waals surface area contributed by atoms with Gasteiger partial charge in [-0.25, -0.2) is 4.98 Å². The highest BCUT2D eigenvalue weighted by atomic mass is 16.2. The molecule has 4 rings (SSSR count). The van der Waals surface area contributed by atoms with E-state index in [1.54, 1.807) is 0 Å². The zero-order valence-electron chi connectivity index (χ0n) is 13.2. The molecule has 5 nitrogen and oxygen atoms in total. The van der Waals surface area contributed by atoms with Crippen LogP contribution in [0.15, 0.2) is 36.5 Å². The molecule has 118 valence electrons. The number of carbonyl (C=O) groups is 1. The third-order valence-corrected chi connectivity index (χ3v) is 4.56. The number of aromatic amines is 2. The van der Waals surface area contributed by atoms with Gasteiger partial charge >= 0.3 is 0 Å². The lowest BCUT2D eigenvalue weighted by molar-refractivity contribution is 0.0699. The maximum absolute atomic E-state index is 12.6. The van der Waals surface area contributed by atoms with Crippen LogP contribution in [-0.2, 0) is 0 Å². The third-order valence-electron chi connectivity index (χ3n) is 4.56. The predicted molar refractivity (Wildman–Crippen MR) is 89.5 cm³/mol. The summed E-state index contributed by atoms with van der Waals surface area (Å²) in [5, 5.41) is 0. The largest absolute Gasteiger partial charge is 0.357 e. The molecule has 0 saturated carbocycles. The Morgan fingerprint density at radius 2 is 2.22 bits per heavy atom. The number of benzene rings is 1.